The SMILES string of the molecule is CCOC(=O)B(Br)Br. The first-order valence-corrected chi connectivity index (χ1v) is 3.96. The molecular formula is C3H5BBr2O2. The van der Waals surface area contributed by atoms with Crippen LogP contribution in [0.15, 0.2) is 0 Å². The van der Waals surface area contributed by atoms with Crippen molar-refractivity contribution in [1.82, 2.24) is 0 Å². The molecule has 0 saturated heterocycles. The van der Waals surface area contributed by atoms with E-state index in [1.807, 2.05) is 0 Å². The highest BCUT2D eigenvalue weighted by atomic mass is 79.9. The predicted octanol–water partition coefficient (Wildman–Crippen LogP) is 2.00. The highest BCUT2D eigenvalue weighted by Gasteiger charge is 2.16. The van der Waals surface area contributed by atoms with Gasteiger partial charge in [0, 0.05) is 0 Å². The van der Waals surface area contributed by atoms with Crippen molar-refractivity contribution in [2.75, 3.05) is 6.61 Å². The average Bonchev–Trinajstić information content (AvgIpc) is 1.67. The molecule has 2 nitrogen and oxygen atoms in total. The molecule has 0 aliphatic carbocycles. The predicted molar refractivity (Wildman–Crippen MR) is 40.6 cm³/mol. The Balaban J connectivity index is 3.33. The molecule has 0 radical (unpaired) electrons. The third-order valence-electron chi connectivity index (χ3n) is 0.465. The summed E-state index contributed by atoms with van der Waals surface area (Å²) in [6.45, 7) is 2.19. The molecule has 5 heteroatoms. The molecule has 0 fully saturated rings. The Morgan fingerprint density at radius 3 is 2.38 bits per heavy atom. The highest BCUT2D eigenvalue weighted by molar-refractivity contribution is 9.50. The minimum atomic E-state index is -0.366. The van der Waals surface area contributed by atoms with Gasteiger partial charge >= 0.3 is 4.36 Å². The normalized spacial score (nSPS) is 8.38. The topological polar surface area (TPSA) is 26.3 Å². The molecule has 0 aromatic carbocycles. The fourth-order valence-electron chi connectivity index (χ4n) is 0.205. The molecule has 8 heavy (non-hydrogen) atoms. The zero-order chi connectivity index (χ0) is 6.57. The van der Waals surface area contributed by atoms with E-state index in [9.17, 15) is 4.79 Å². The molecule has 0 N–H and O–H groups in total. The molecular weight excluding hydrogens is 239 g/mol. The maximum Gasteiger partial charge on any atom is 0.425 e. The van der Waals surface area contributed by atoms with Crippen molar-refractivity contribution < 1.29 is 9.53 Å². The minimum Gasteiger partial charge on any atom is -0.472 e. The summed E-state index contributed by atoms with van der Waals surface area (Å²) in [4.78, 5) is 10.4. The van der Waals surface area contributed by atoms with Gasteiger partial charge in [0.05, 0.1) is 6.61 Å². The molecule has 0 heterocycles. The smallest absolute Gasteiger partial charge is 0.425 e. The molecule has 0 aromatic rings. The number of halogens is 2. The Hall–Kier alpha value is 0.495. The summed E-state index contributed by atoms with van der Waals surface area (Å²) in [5, 5.41) is 0. The summed E-state index contributed by atoms with van der Waals surface area (Å²) in [5.41, 5.74) is 0. The van der Waals surface area contributed by atoms with Crippen LogP contribution in [0, 0.1) is 0 Å². The Morgan fingerprint density at radius 1 is 1.75 bits per heavy atom. The molecule has 0 amide bonds. The van der Waals surface area contributed by atoms with E-state index in [-0.39, 0.29) is 10.2 Å². The van der Waals surface area contributed by atoms with Crippen LogP contribution in [0.5, 0.6) is 0 Å². The summed E-state index contributed by atoms with van der Waals surface area (Å²) >= 11 is 5.97. The van der Waals surface area contributed by atoms with Crippen LogP contribution in [-0.2, 0) is 4.74 Å². The molecule has 0 aliphatic rings. The van der Waals surface area contributed by atoms with Crippen LogP contribution in [0.2, 0.25) is 0 Å². The van der Waals surface area contributed by atoms with E-state index in [2.05, 4.69) is 36.3 Å². The summed E-state index contributed by atoms with van der Waals surface area (Å²) in [5.74, 6) is -0.285. The number of ether oxygens (including phenoxy) is 1. The van der Waals surface area contributed by atoms with Gasteiger partial charge in [-0.3, -0.25) is 4.79 Å². The van der Waals surface area contributed by atoms with Crippen molar-refractivity contribution in [3.05, 3.63) is 0 Å². The van der Waals surface area contributed by atoms with E-state index in [1.165, 1.54) is 0 Å². The molecule has 0 aliphatic heterocycles. The van der Waals surface area contributed by atoms with Crippen LogP contribution in [0.4, 0.5) is 4.79 Å². The van der Waals surface area contributed by atoms with Crippen molar-refractivity contribution in [3.8, 4) is 0 Å². The van der Waals surface area contributed by atoms with Crippen LogP contribution < -0.4 is 0 Å². The lowest BCUT2D eigenvalue weighted by molar-refractivity contribution is 0.179. The maximum atomic E-state index is 10.4. The first kappa shape index (κ1) is 8.49. The maximum absolute atomic E-state index is 10.4. The van der Waals surface area contributed by atoms with Crippen molar-refractivity contribution in [2.24, 2.45) is 0 Å². The third-order valence-corrected chi connectivity index (χ3v) is 1.21. The van der Waals surface area contributed by atoms with Crippen LogP contribution in [0.25, 0.3) is 0 Å². The monoisotopic (exact) mass is 242 g/mol. The van der Waals surface area contributed by atoms with Gasteiger partial charge in [0.15, 0.2) is 0 Å². The molecule has 0 aromatic heterocycles. The summed E-state index contributed by atoms with van der Waals surface area (Å²) in [6.07, 6.45) is 0. The standard InChI is InChI=1S/C3H5BBr2O2/c1-2-8-3(7)4(5)6/h2H2,1H3. The highest BCUT2D eigenvalue weighted by Crippen LogP contribution is 2.04. The van der Waals surface area contributed by atoms with Gasteiger partial charge in [-0.1, -0.05) is 0 Å². The van der Waals surface area contributed by atoms with Gasteiger partial charge in [0.2, 0.25) is 0 Å². The zero-order valence-corrected chi connectivity index (χ0v) is 7.53. The van der Waals surface area contributed by atoms with Crippen molar-refractivity contribution in [3.63, 3.8) is 0 Å². The molecule has 0 rings (SSSR count). The molecule has 0 unspecified atom stereocenters. The summed E-state index contributed by atoms with van der Waals surface area (Å²) < 4.78 is 4.20. The second kappa shape index (κ2) is 4.38. The minimum absolute atomic E-state index is 0.285. The Kier molecular flexibility index (Phi) is 4.65. The lowest BCUT2D eigenvalue weighted by Crippen LogP contribution is -2.12. The number of hydrogen-bond acceptors (Lipinski definition) is 2. The third kappa shape index (κ3) is 3.49. The van der Waals surface area contributed by atoms with Gasteiger partial charge in [-0.15, -0.1) is 31.5 Å². The Morgan fingerprint density at radius 2 is 2.25 bits per heavy atom. The molecule has 46 valence electrons. The fourth-order valence-corrected chi connectivity index (χ4v) is 0.470. The van der Waals surface area contributed by atoms with Gasteiger partial charge in [0.25, 0.3) is 5.87 Å². The average molecular weight is 244 g/mol. The van der Waals surface area contributed by atoms with Gasteiger partial charge in [-0.2, -0.15) is 0 Å². The van der Waals surface area contributed by atoms with Crippen molar-refractivity contribution >= 4 is 41.7 Å². The van der Waals surface area contributed by atoms with Crippen LogP contribution in [0.3, 0.4) is 0 Å². The van der Waals surface area contributed by atoms with E-state index in [0.717, 1.165) is 0 Å². The molecule has 0 bridgehead atoms. The van der Waals surface area contributed by atoms with E-state index < -0.39 is 0 Å². The lowest BCUT2D eigenvalue weighted by Gasteiger charge is -1.96. The van der Waals surface area contributed by atoms with Gasteiger partial charge in [0.1, 0.15) is 0 Å². The van der Waals surface area contributed by atoms with E-state index in [4.69, 9.17) is 0 Å². The summed E-state index contributed by atoms with van der Waals surface area (Å²) in [6, 6.07) is 0. The lowest BCUT2D eigenvalue weighted by atomic mass is 10.2. The second-order valence-electron chi connectivity index (χ2n) is 1.05. The van der Waals surface area contributed by atoms with E-state index in [1.54, 1.807) is 6.92 Å². The molecule has 0 atom stereocenters. The number of carbonyl (C=O) groups is 1. The van der Waals surface area contributed by atoms with E-state index in [0.29, 0.717) is 6.61 Å². The molecule has 0 spiro atoms. The Bertz CT molecular complexity index is 85.4. The van der Waals surface area contributed by atoms with Gasteiger partial charge in [-0.25, -0.2) is 0 Å². The number of rotatable bonds is 2. The number of carbonyl (C=O) groups excluding carboxylic acids is 1. The first-order valence-electron chi connectivity index (χ1n) is 2.13. The van der Waals surface area contributed by atoms with Crippen LogP contribution in [0.1, 0.15) is 6.92 Å². The Labute approximate surface area is 65.0 Å². The van der Waals surface area contributed by atoms with Gasteiger partial charge < -0.3 is 4.74 Å². The number of hydrogen-bond donors (Lipinski definition) is 0. The van der Waals surface area contributed by atoms with Gasteiger partial charge in [-0.05, 0) is 6.92 Å². The summed E-state index contributed by atoms with van der Waals surface area (Å²) in [7, 11) is 0. The zero-order valence-electron chi connectivity index (χ0n) is 4.36. The van der Waals surface area contributed by atoms with E-state index >= 15 is 0 Å². The van der Waals surface area contributed by atoms with Crippen LogP contribution >= 0.6 is 31.5 Å². The molecule has 0 saturated carbocycles. The van der Waals surface area contributed by atoms with Crippen molar-refractivity contribution in [1.29, 1.82) is 0 Å². The van der Waals surface area contributed by atoms with Crippen molar-refractivity contribution in [2.45, 2.75) is 6.92 Å². The first-order chi connectivity index (χ1) is 3.68. The van der Waals surface area contributed by atoms with Crippen LogP contribution in [-0.4, -0.2) is 16.8 Å². The quantitative estimate of drug-likeness (QED) is 0.694. The fraction of sp³-hybridized carbons (Fsp3) is 0.667. The largest absolute Gasteiger partial charge is 0.472 e. The second-order valence-corrected chi connectivity index (χ2v) is 4.11.